The van der Waals surface area contributed by atoms with Crippen LogP contribution in [-0.4, -0.2) is 35.7 Å². The van der Waals surface area contributed by atoms with Crippen LogP contribution in [0.4, 0.5) is 13.2 Å². The van der Waals surface area contributed by atoms with E-state index in [1.165, 1.54) is 12.1 Å². The van der Waals surface area contributed by atoms with Crippen molar-refractivity contribution < 1.29 is 27.4 Å². The quantitative estimate of drug-likeness (QED) is 0.626. The van der Waals surface area contributed by atoms with Crippen molar-refractivity contribution in [2.45, 2.75) is 12.7 Å². The molecular formula is C19H18F3N3O3. The molecular weight excluding hydrogens is 375 g/mol. The molecule has 9 heteroatoms. The number of para-hydroxylation sites is 2. The van der Waals surface area contributed by atoms with Gasteiger partial charge in [0, 0.05) is 0 Å². The minimum Gasteiger partial charge on any atom is -0.497 e. The molecule has 0 unspecified atom stereocenters. The molecule has 0 radical (unpaired) electrons. The molecule has 2 aromatic carbocycles. The van der Waals surface area contributed by atoms with Crippen molar-refractivity contribution in [1.82, 2.24) is 14.9 Å². The highest BCUT2D eigenvalue weighted by atomic mass is 19.4. The fourth-order valence-electron chi connectivity index (χ4n) is 2.68. The molecule has 0 spiro atoms. The van der Waals surface area contributed by atoms with Crippen molar-refractivity contribution in [3.63, 3.8) is 0 Å². The molecule has 1 aromatic heterocycles. The number of nitrogens with one attached hydrogen (secondary N) is 1. The molecule has 1 N–H and O–H groups in total. The van der Waals surface area contributed by atoms with Gasteiger partial charge in [-0.05, 0) is 36.4 Å². The fraction of sp³-hybridized carbons (Fsp3) is 0.263. The summed E-state index contributed by atoms with van der Waals surface area (Å²) in [6.45, 7) is -0.161. The normalized spacial score (nSPS) is 11.4. The lowest BCUT2D eigenvalue weighted by Gasteiger charge is -2.12. The molecule has 28 heavy (non-hydrogen) atoms. The maximum absolute atomic E-state index is 13.2. The number of nitrogens with zero attached hydrogens (tertiary/aromatic N) is 2. The van der Waals surface area contributed by atoms with Gasteiger partial charge >= 0.3 is 6.18 Å². The number of carbonyl (C=O) groups is 1. The number of methoxy groups -OCH3 is 1. The summed E-state index contributed by atoms with van der Waals surface area (Å²) in [5.74, 6) is -0.381. The minimum atomic E-state index is -4.66. The standard InChI is InChI=1S/C19H18F3N3O3/c1-27-13-6-8-14(9-7-13)28-11-10-23-17(26)12-25-16-5-3-2-4-15(16)24-18(25)19(20,21)22/h2-9H,10-12H2,1H3,(H,23,26). The Kier molecular flexibility index (Phi) is 5.72. The number of benzene rings is 2. The molecule has 0 fully saturated rings. The SMILES string of the molecule is COc1ccc(OCCNC(=O)Cn2c(C(F)(F)F)nc3ccccc32)cc1. The second kappa shape index (κ2) is 8.20. The van der Waals surface area contributed by atoms with E-state index in [1.54, 1.807) is 43.5 Å². The Balaban J connectivity index is 1.59. The summed E-state index contributed by atoms with van der Waals surface area (Å²) >= 11 is 0. The number of hydrogen-bond donors (Lipinski definition) is 1. The zero-order valence-corrected chi connectivity index (χ0v) is 15.0. The smallest absolute Gasteiger partial charge is 0.449 e. The molecule has 0 aliphatic carbocycles. The van der Waals surface area contributed by atoms with Crippen LogP contribution < -0.4 is 14.8 Å². The number of hydrogen-bond acceptors (Lipinski definition) is 4. The fourth-order valence-corrected chi connectivity index (χ4v) is 2.68. The largest absolute Gasteiger partial charge is 0.497 e. The molecule has 3 aromatic rings. The van der Waals surface area contributed by atoms with E-state index in [0.717, 1.165) is 4.57 Å². The van der Waals surface area contributed by atoms with Crippen LogP contribution in [0.3, 0.4) is 0 Å². The molecule has 0 atom stereocenters. The second-order valence-electron chi connectivity index (χ2n) is 5.88. The van der Waals surface area contributed by atoms with Crippen LogP contribution in [0.25, 0.3) is 11.0 Å². The minimum absolute atomic E-state index is 0.152. The Hall–Kier alpha value is -3.23. The van der Waals surface area contributed by atoms with Crippen molar-refractivity contribution in [2.24, 2.45) is 0 Å². The predicted octanol–water partition coefficient (Wildman–Crippen LogP) is 3.26. The molecule has 1 heterocycles. The van der Waals surface area contributed by atoms with Gasteiger partial charge in [0.2, 0.25) is 11.7 Å². The van der Waals surface area contributed by atoms with Gasteiger partial charge in [-0.15, -0.1) is 0 Å². The first-order valence-electron chi connectivity index (χ1n) is 8.44. The predicted molar refractivity (Wildman–Crippen MR) is 96.2 cm³/mol. The highest BCUT2D eigenvalue weighted by Crippen LogP contribution is 2.31. The lowest BCUT2D eigenvalue weighted by atomic mass is 10.3. The highest BCUT2D eigenvalue weighted by molar-refractivity contribution is 5.81. The molecule has 0 bridgehead atoms. The summed E-state index contributed by atoms with van der Waals surface area (Å²) in [5.41, 5.74) is 0.435. The van der Waals surface area contributed by atoms with Crippen molar-refractivity contribution in [3.8, 4) is 11.5 Å². The summed E-state index contributed by atoms with van der Waals surface area (Å²) in [5, 5.41) is 2.55. The van der Waals surface area contributed by atoms with Crippen LogP contribution in [0.1, 0.15) is 5.82 Å². The van der Waals surface area contributed by atoms with E-state index in [2.05, 4.69) is 10.3 Å². The summed E-state index contributed by atoms with van der Waals surface area (Å²) in [6.07, 6.45) is -4.66. The number of imidazole rings is 1. The van der Waals surface area contributed by atoms with Crippen LogP contribution in [0.5, 0.6) is 11.5 Å². The molecule has 6 nitrogen and oxygen atoms in total. The Morgan fingerprint density at radius 2 is 1.79 bits per heavy atom. The summed E-state index contributed by atoms with van der Waals surface area (Å²) in [4.78, 5) is 15.7. The van der Waals surface area contributed by atoms with Gasteiger partial charge in [-0.2, -0.15) is 13.2 Å². The number of aromatic nitrogens is 2. The Morgan fingerprint density at radius 3 is 2.46 bits per heavy atom. The lowest BCUT2D eigenvalue weighted by Crippen LogP contribution is -2.32. The zero-order chi connectivity index (χ0) is 20.1. The average molecular weight is 393 g/mol. The van der Waals surface area contributed by atoms with Crippen LogP contribution >= 0.6 is 0 Å². The van der Waals surface area contributed by atoms with E-state index in [0.29, 0.717) is 11.5 Å². The lowest BCUT2D eigenvalue weighted by molar-refractivity contribution is -0.147. The van der Waals surface area contributed by atoms with Crippen molar-refractivity contribution in [1.29, 1.82) is 0 Å². The number of ether oxygens (including phenoxy) is 2. The first kappa shape index (κ1) is 19.5. The maximum atomic E-state index is 13.2. The number of halogens is 3. The van der Waals surface area contributed by atoms with Crippen molar-refractivity contribution in [2.75, 3.05) is 20.3 Å². The summed E-state index contributed by atoms with van der Waals surface area (Å²) in [7, 11) is 1.55. The molecule has 0 aliphatic rings. The van der Waals surface area contributed by atoms with E-state index < -0.39 is 24.5 Å². The van der Waals surface area contributed by atoms with Crippen molar-refractivity contribution in [3.05, 3.63) is 54.4 Å². The van der Waals surface area contributed by atoms with Gasteiger partial charge in [0.05, 0.1) is 24.7 Å². The van der Waals surface area contributed by atoms with Gasteiger partial charge in [0.25, 0.3) is 0 Å². The van der Waals surface area contributed by atoms with E-state index in [4.69, 9.17) is 9.47 Å². The Morgan fingerprint density at radius 1 is 1.11 bits per heavy atom. The third kappa shape index (κ3) is 4.54. The third-order valence-electron chi connectivity index (χ3n) is 3.96. The molecule has 1 amide bonds. The molecule has 0 saturated heterocycles. The molecule has 0 saturated carbocycles. The van der Waals surface area contributed by atoms with Gasteiger partial charge in [-0.25, -0.2) is 4.98 Å². The molecule has 148 valence electrons. The monoisotopic (exact) mass is 393 g/mol. The van der Waals surface area contributed by atoms with Crippen LogP contribution in [-0.2, 0) is 17.5 Å². The van der Waals surface area contributed by atoms with Crippen molar-refractivity contribution >= 4 is 16.9 Å². The van der Waals surface area contributed by atoms with E-state index in [9.17, 15) is 18.0 Å². The second-order valence-corrected chi connectivity index (χ2v) is 5.88. The molecule has 0 aliphatic heterocycles. The number of amides is 1. The first-order chi connectivity index (χ1) is 13.4. The van der Waals surface area contributed by atoms with Crippen LogP contribution in [0.15, 0.2) is 48.5 Å². The Bertz CT molecular complexity index is 952. The van der Waals surface area contributed by atoms with Gasteiger partial charge < -0.3 is 19.4 Å². The van der Waals surface area contributed by atoms with Gasteiger partial charge in [-0.3, -0.25) is 4.79 Å². The summed E-state index contributed by atoms with van der Waals surface area (Å²) < 4.78 is 51.1. The third-order valence-corrected chi connectivity index (χ3v) is 3.96. The zero-order valence-electron chi connectivity index (χ0n) is 15.0. The number of alkyl halides is 3. The van der Waals surface area contributed by atoms with Crippen LogP contribution in [0, 0.1) is 0 Å². The van der Waals surface area contributed by atoms with Crippen LogP contribution in [0.2, 0.25) is 0 Å². The summed E-state index contributed by atoms with van der Waals surface area (Å²) in [6, 6.07) is 13.1. The van der Waals surface area contributed by atoms with E-state index in [-0.39, 0.29) is 24.2 Å². The topological polar surface area (TPSA) is 65.4 Å². The average Bonchev–Trinajstić information content (AvgIpc) is 3.05. The number of carbonyl (C=O) groups excluding carboxylic acids is 1. The van der Waals surface area contributed by atoms with Gasteiger partial charge in [0.15, 0.2) is 0 Å². The van der Waals surface area contributed by atoms with Gasteiger partial charge in [0.1, 0.15) is 24.7 Å². The van der Waals surface area contributed by atoms with E-state index >= 15 is 0 Å². The maximum Gasteiger partial charge on any atom is 0.449 e. The Labute approximate surface area is 158 Å². The highest BCUT2D eigenvalue weighted by Gasteiger charge is 2.37. The van der Waals surface area contributed by atoms with Gasteiger partial charge in [-0.1, -0.05) is 12.1 Å². The molecule has 3 rings (SSSR count). The number of rotatable bonds is 7. The van der Waals surface area contributed by atoms with E-state index in [1.807, 2.05) is 0 Å². The first-order valence-corrected chi connectivity index (χ1v) is 8.44. The number of fused-ring (bicyclic) bond motifs is 1.